The molecule has 1 aromatic rings. The number of carboxylic acid groups (broad SMARTS) is 1. The summed E-state index contributed by atoms with van der Waals surface area (Å²) >= 11 is 1.69. The summed E-state index contributed by atoms with van der Waals surface area (Å²) in [5.74, 6) is -0.724. The summed E-state index contributed by atoms with van der Waals surface area (Å²) in [6.07, 6.45) is 4.21. The fourth-order valence-electron chi connectivity index (χ4n) is 1.81. The van der Waals surface area contributed by atoms with Crippen LogP contribution < -0.4 is 5.32 Å². The van der Waals surface area contributed by atoms with Crippen LogP contribution in [0, 0.1) is 0 Å². The molecule has 0 atom stereocenters. The minimum Gasteiger partial charge on any atom is -0.478 e. The average Bonchev–Trinajstić information content (AvgIpc) is 2.35. The molecule has 2 rings (SSSR count). The Balaban J connectivity index is 1.67. The van der Waals surface area contributed by atoms with Crippen molar-refractivity contribution in [2.24, 2.45) is 0 Å². The standard InChI is InChI=1S/C14H15NO3S/c16-13(5-6-14(17)18)15-7-8-19-12-4-3-10-1-2-11(10)9-12/h3-6,9H,1-2,7-8H2,(H,15,16)(H,17,18). The molecule has 0 unspecified atom stereocenters. The van der Waals surface area contributed by atoms with Crippen LogP contribution in [-0.2, 0) is 22.4 Å². The molecule has 0 aromatic heterocycles. The molecule has 0 aliphatic heterocycles. The van der Waals surface area contributed by atoms with E-state index in [0.29, 0.717) is 6.54 Å². The highest BCUT2D eigenvalue weighted by molar-refractivity contribution is 7.99. The van der Waals surface area contributed by atoms with E-state index in [4.69, 9.17) is 5.11 Å². The molecule has 0 radical (unpaired) electrons. The van der Waals surface area contributed by atoms with E-state index in [9.17, 15) is 9.59 Å². The number of carbonyl (C=O) groups is 2. The molecule has 1 aliphatic carbocycles. The van der Waals surface area contributed by atoms with E-state index >= 15 is 0 Å². The van der Waals surface area contributed by atoms with Crippen molar-refractivity contribution < 1.29 is 14.7 Å². The van der Waals surface area contributed by atoms with Gasteiger partial charge < -0.3 is 10.4 Å². The van der Waals surface area contributed by atoms with Crippen LogP contribution >= 0.6 is 11.8 Å². The number of thioether (sulfide) groups is 1. The molecule has 2 N–H and O–H groups in total. The zero-order valence-corrected chi connectivity index (χ0v) is 11.2. The van der Waals surface area contributed by atoms with E-state index in [2.05, 4.69) is 23.5 Å². The van der Waals surface area contributed by atoms with E-state index in [-0.39, 0.29) is 5.91 Å². The van der Waals surface area contributed by atoms with Gasteiger partial charge in [-0.1, -0.05) is 6.07 Å². The Morgan fingerprint density at radius 2 is 2.05 bits per heavy atom. The third-order valence-electron chi connectivity index (χ3n) is 2.89. The van der Waals surface area contributed by atoms with E-state index < -0.39 is 5.97 Å². The molecule has 1 aliphatic rings. The van der Waals surface area contributed by atoms with Crippen molar-refractivity contribution in [1.29, 1.82) is 0 Å². The number of nitrogens with one attached hydrogen (secondary N) is 1. The summed E-state index contributed by atoms with van der Waals surface area (Å²) in [6, 6.07) is 6.47. The molecule has 19 heavy (non-hydrogen) atoms. The van der Waals surface area contributed by atoms with Crippen molar-refractivity contribution in [2.75, 3.05) is 12.3 Å². The number of hydrogen-bond acceptors (Lipinski definition) is 3. The molecule has 4 nitrogen and oxygen atoms in total. The maximum atomic E-state index is 11.2. The van der Waals surface area contributed by atoms with Gasteiger partial charge in [0.25, 0.3) is 0 Å². The Bertz CT molecular complexity index is 525. The van der Waals surface area contributed by atoms with E-state index in [1.165, 1.54) is 28.9 Å². The lowest BCUT2D eigenvalue weighted by atomic mass is 9.89. The molecule has 0 spiro atoms. The molecule has 0 bridgehead atoms. The monoisotopic (exact) mass is 277 g/mol. The van der Waals surface area contributed by atoms with Gasteiger partial charge in [0.15, 0.2) is 0 Å². The Hall–Kier alpha value is -1.75. The molecule has 0 heterocycles. The van der Waals surface area contributed by atoms with Gasteiger partial charge >= 0.3 is 5.97 Å². The first-order valence-electron chi connectivity index (χ1n) is 6.08. The fourth-order valence-corrected chi connectivity index (χ4v) is 2.64. The van der Waals surface area contributed by atoms with E-state index in [1.54, 1.807) is 11.8 Å². The van der Waals surface area contributed by atoms with Crippen molar-refractivity contribution in [2.45, 2.75) is 17.7 Å². The average molecular weight is 277 g/mol. The van der Waals surface area contributed by atoms with Gasteiger partial charge in [0.05, 0.1) is 0 Å². The summed E-state index contributed by atoms with van der Waals surface area (Å²) in [6.45, 7) is 0.518. The number of hydrogen-bond donors (Lipinski definition) is 2. The van der Waals surface area contributed by atoms with Crippen molar-refractivity contribution in [3.8, 4) is 0 Å². The fraction of sp³-hybridized carbons (Fsp3) is 0.286. The van der Waals surface area contributed by atoms with Gasteiger partial charge in [-0.15, -0.1) is 11.8 Å². The van der Waals surface area contributed by atoms with Gasteiger partial charge in [0.2, 0.25) is 5.91 Å². The molecule has 100 valence electrons. The van der Waals surface area contributed by atoms with Crippen LogP contribution in [0.1, 0.15) is 11.1 Å². The van der Waals surface area contributed by atoms with Crippen molar-refractivity contribution in [1.82, 2.24) is 5.32 Å². The maximum Gasteiger partial charge on any atom is 0.328 e. The third kappa shape index (κ3) is 4.13. The van der Waals surface area contributed by atoms with Crippen molar-refractivity contribution in [3.05, 3.63) is 41.5 Å². The maximum absolute atomic E-state index is 11.2. The second kappa shape index (κ2) is 6.43. The minimum atomic E-state index is -1.12. The molecule has 1 aromatic carbocycles. The third-order valence-corrected chi connectivity index (χ3v) is 3.88. The number of carbonyl (C=O) groups excluding carboxylic acids is 1. The van der Waals surface area contributed by atoms with Crippen LogP contribution in [0.3, 0.4) is 0 Å². The lowest BCUT2D eigenvalue weighted by molar-refractivity contribution is -0.131. The lowest BCUT2D eigenvalue weighted by Crippen LogP contribution is -2.23. The predicted molar refractivity (Wildman–Crippen MR) is 74.4 cm³/mol. The highest BCUT2D eigenvalue weighted by Crippen LogP contribution is 2.28. The highest BCUT2D eigenvalue weighted by Gasteiger charge is 2.12. The van der Waals surface area contributed by atoms with Crippen molar-refractivity contribution in [3.63, 3.8) is 0 Å². The van der Waals surface area contributed by atoms with Crippen LogP contribution in [0.4, 0.5) is 0 Å². The molecule has 5 heteroatoms. The summed E-state index contributed by atoms with van der Waals surface area (Å²) < 4.78 is 0. The van der Waals surface area contributed by atoms with Gasteiger partial charge in [-0.2, -0.15) is 0 Å². The Morgan fingerprint density at radius 1 is 1.26 bits per heavy atom. The van der Waals surface area contributed by atoms with Gasteiger partial charge in [0, 0.05) is 29.3 Å². The van der Waals surface area contributed by atoms with Crippen LogP contribution in [0.25, 0.3) is 0 Å². The first-order valence-corrected chi connectivity index (χ1v) is 7.07. The summed E-state index contributed by atoms with van der Waals surface area (Å²) in [5, 5.41) is 11.0. The number of amides is 1. The topological polar surface area (TPSA) is 66.4 Å². The number of aryl methyl sites for hydroxylation is 2. The van der Waals surface area contributed by atoms with Gasteiger partial charge in [-0.25, -0.2) is 4.79 Å². The Kier molecular flexibility index (Phi) is 4.63. The Morgan fingerprint density at radius 3 is 2.68 bits per heavy atom. The summed E-state index contributed by atoms with van der Waals surface area (Å²) in [5.41, 5.74) is 2.87. The number of fused-ring (bicyclic) bond motifs is 1. The predicted octanol–water partition coefficient (Wildman–Crippen LogP) is 1.63. The zero-order valence-electron chi connectivity index (χ0n) is 10.4. The summed E-state index contributed by atoms with van der Waals surface area (Å²) in [4.78, 5) is 22.6. The smallest absolute Gasteiger partial charge is 0.328 e. The number of rotatable bonds is 6. The van der Waals surface area contributed by atoms with Gasteiger partial charge in [-0.05, 0) is 36.1 Å². The van der Waals surface area contributed by atoms with Crippen LogP contribution in [0.2, 0.25) is 0 Å². The van der Waals surface area contributed by atoms with Gasteiger partial charge in [-0.3, -0.25) is 4.79 Å². The van der Waals surface area contributed by atoms with Crippen LogP contribution in [0.5, 0.6) is 0 Å². The first-order chi connectivity index (χ1) is 9.15. The van der Waals surface area contributed by atoms with Crippen molar-refractivity contribution >= 4 is 23.6 Å². The lowest BCUT2D eigenvalue weighted by Gasteiger charge is -2.19. The van der Waals surface area contributed by atoms with Crippen LogP contribution in [0.15, 0.2) is 35.2 Å². The normalized spacial score (nSPS) is 12.8. The number of aliphatic carboxylic acids is 1. The Labute approximate surface area is 115 Å². The highest BCUT2D eigenvalue weighted by atomic mass is 32.2. The number of benzene rings is 1. The number of carboxylic acids is 1. The summed E-state index contributed by atoms with van der Waals surface area (Å²) in [7, 11) is 0. The van der Waals surface area contributed by atoms with Crippen LogP contribution in [-0.4, -0.2) is 29.3 Å². The molecule has 0 saturated carbocycles. The van der Waals surface area contributed by atoms with E-state index in [1.807, 2.05) is 0 Å². The minimum absolute atomic E-state index is 0.375. The molecular weight excluding hydrogens is 262 g/mol. The van der Waals surface area contributed by atoms with Gasteiger partial charge in [0.1, 0.15) is 0 Å². The first kappa shape index (κ1) is 13.7. The van der Waals surface area contributed by atoms with E-state index in [0.717, 1.165) is 17.9 Å². The SMILES string of the molecule is O=C(O)C=CC(=O)NCCSc1ccc2c(c1)CC2. The quantitative estimate of drug-likeness (QED) is 0.471. The second-order valence-electron chi connectivity index (χ2n) is 4.24. The molecular formula is C14H15NO3S. The second-order valence-corrected chi connectivity index (χ2v) is 5.41. The molecule has 0 saturated heterocycles. The largest absolute Gasteiger partial charge is 0.478 e. The molecule has 0 fully saturated rings. The molecule has 1 amide bonds. The zero-order chi connectivity index (χ0) is 13.7.